The minimum Gasteiger partial charge on any atom is -0.313 e. The van der Waals surface area contributed by atoms with Crippen LogP contribution < -0.4 is 5.32 Å². The predicted octanol–water partition coefficient (Wildman–Crippen LogP) is 1.49. The topological polar surface area (TPSA) is 15.3 Å². The van der Waals surface area contributed by atoms with Crippen LogP contribution in [0.5, 0.6) is 0 Å². The molecule has 0 saturated carbocycles. The third kappa shape index (κ3) is 6.38. The van der Waals surface area contributed by atoms with Crippen molar-refractivity contribution in [1.82, 2.24) is 10.2 Å². The van der Waals surface area contributed by atoms with Crippen LogP contribution in [0.3, 0.4) is 0 Å². The van der Waals surface area contributed by atoms with E-state index < -0.39 is 0 Å². The van der Waals surface area contributed by atoms with E-state index >= 15 is 0 Å². The summed E-state index contributed by atoms with van der Waals surface area (Å²) in [6.45, 7) is 11.3. The summed E-state index contributed by atoms with van der Waals surface area (Å²) in [6, 6.07) is 0.641. The van der Waals surface area contributed by atoms with Gasteiger partial charge in [-0.15, -0.1) is 6.58 Å². The molecule has 0 spiro atoms. The Labute approximate surface area is 76.6 Å². The molecule has 0 fully saturated rings. The van der Waals surface area contributed by atoms with Gasteiger partial charge in [-0.1, -0.05) is 13.0 Å². The Kier molecular flexibility index (Phi) is 7.11. The highest BCUT2D eigenvalue weighted by molar-refractivity contribution is 4.71. The summed E-state index contributed by atoms with van der Waals surface area (Å²) in [6.07, 6.45) is 3.13. The van der Waals surface area contributed by atoms with Crippen molar-refractivity contribution >= 4 is 0 Å². The second-order valence-electron chi connectivity index (χ2n) is 3.31. The SMILES string of the molecule is C=CCN(C)CCNC(C)CC. The predicted molar refractivity (Wildman–Crippen MR) is 55.4 cm³/mol. The molecule has 0 rings (SSSR count). The lowest BCUT2D eigenvalue weighted by Gasteiger charge is -2.16. The second-order valence-corrected chi connectivity index (χ2v) is 3.31. The lowest BCUT2D eigenvalue weighted by atomic mass is 10.2. The van der Waals surface area contributed by atoms with Gasteiger partial charge in [0.05, 0.1) is 0 Å². The van der Waals surface area contributed by atoms with Crippen LogP contribution in [0.15, 0.2) is 12.7 Å². The average Bonchev–Trinajstić information content (AvgIpc) is 2.04. The fourth-order valence-electron chi connectivity index (χ4n) is 0.958. The molecule has 72 valence electrons. The van der Waals surface area contributed by atoms with Crippen LogP contribution >= 0.6 is 0 Å². The molecule has 2 heteroatoms. The van der Waals surface area contributed by atoms with Crippen molar-refractivity contribution in [3.8, 4) is 0 Å². The van der Waals surface area contributed by atoms with Gasteiger partial charge < -0.3 is 10.2 Å². The summed E-state index contributed by atoms with van der Waals surface area (Å²) in [4.78, 5) is 2.25. The molecule has 0 aromatic carbocycles. The van der Waals surface area contributed by atoms with Gasteiger partial charge in [-0.05, 0) is 20.4 Å². The molecule has 0 aliphatic carbocycles. The standard InChI is InChI=1S/C10H22N2/c1-5-8-12(4)9-7-11-10(3)6-2/h5,10-11H,1,6-9H2,2-4H3. The van der Waals surface area contributed by atoms with Crippen LogP contribution in [0.4, 0.5) is 0 Å². The maximum absolute atomic E-state index is 3.70. The van der Waals surface area contributed by atoms with Gasteiger partial charge in [0.1, 0.15) is 0 Å². The summed E-state index contributed by atoms with van der Waals surface area (Å²) in [5, 5.41) is 3.45. The van der Waals surface area contributed by atoms with Gasteiger partial charge in [-0.3, -0.25) is 0 Å². The highest BCUT2D eigenvalue weighted by Gasteiger charge is 1.97. The van der Waals surface area contributed by atoms with E-state index in [1.807, 2.05) is 6.08 Å². The van der Waals surface area contributed by atoms with Gasteiger partial charge in [0.15, 0.2) is 0 Å². The molecule has 2 nitrogen and oxygen atoms in total. The number of hydrogen-bond acceptors (Lipinski definition) is 2. The van der Waals surface area contributed by atoms with Crippen molar-refractivity contribution in [2.45, 2.75) is 26.3 Å². The Morgan fingerprint density at radius 2 is 2.25 bits per heavy atom. The van der Waals surface area contributed by atoms with Gasteiger partial charge in [0, 0.05) is 25.7 Å². The van der Waals surface area contributed by atoms with E-state index in [9.17, 15) is 0 Å². The summed E-state index contributed by atoms with van der Waals surface area (Å²) < 4.78 is 0. The van der Waals surface area contributed by atoms with Crippen LogP contribution in [0.25, 0.3) is 0 Å². The van der Waals surface area contributed by atoms with E-state index in [0.29, 0.717) is 6.04 Å². The largest absolute Gasteiger partial charge is 0.313 e. The lowest BCUT2D eigenvalue weighted by Crippen LogP contribution is -2.33. The van der Waals surface area contributed by atoms with Crippen molar-refractivity contribution in [1.29, 1.82) is 0 Å². The normalized spacial score (nSPS) is 13.3. The number of rotatable bonds is 7. The van der Waals surface area contributed by atoms with E-state index in [-0.39, 0.29) is 0 Å². The first kappa shape index (κ1) is 11.7. The molecule has 0 bridgehead atoms. The molecule has 0 aromatic heterocycles. The maximum Gasteiger partial charge on any atom is 0.0158 e. The molecule has 0 aliphatic rings. The van der Waals surface area contributed by atoms with Crippen molar-refractivity contribution in [3.05, 3.63) is 12.7 Å². The van der Waals surface area contributed by atoms with Crippen LogP contribution in [-0.4, -0.2) is 37.6 Å². The summed E-state index contributed by atoms with van der Waals surface area (Å²) >= 11 is 0. The second kappa shape index (κ2) is 7.32. The number of hydrogen-bond donors (Lipinski definition) is 1. The Balaban J connectivity index is 3.23. The molecular weight excluding hydrogens is 148 g/mol. The Hall–Kier alpha value is -0.340. The summed E-state index contributed by atoms with van der Waals surface area (Å²) in [7, 11) is 2.11. The van der Waals surface area contributed by atoms with Crippen molar-refractivity contribution in [2.24, 2.45) is 0 Å². The van der Waals surface area contributed by atoms with Crippen LogP contribution in [0.2, 0.25) is 0 Å². The molecular formula is C10H22N2. The van der Waals surface area contributed by atoms with Gasteiger partial charge in [-0.25, -0.2) is 0 Å². The maximum atomic E-state index is 3.70. The first-order chi connectivity index (χ1) is 5.70. The molecule has 0 amide bonds. The molecule has 0 aliphatic heterocycles. The zero-order valence-corrected chi connectivity index (χ0v) is 8.64. The van der Waals surface area contributed by atoms with Gasteiger partial charge >= 0.3 is 0 Å². The molecule has 0 heterocycles. The van der Waals surface area contributed by atoms with Crippen LogP contribution in [0, 0.1) is 0 Å². The Bertz CT molecular complexity index is 112. The lowest BCUT2D eigenvalue weighted by molar-refractivity contribution is 0.355. The van der Waals surface area contributed by atoms with Crippen molar-refractivity contribution in [2.75, 3.05) is 26.7 Å². The van der Waals surface area contributed by atoms with E-state index in [2.05, 4.69) is 37.7 Å². The molecule has 1 N–H and O–H groups in total. The number of nitrogens with zero attached hydrogens (tertiary/aromatic N) is 1. The van der Waals surface area contributed by atoms with Gasteiger partial charge in [0.2, 0.25) is 0 Å². The minimum atomic E-state index is 0.641. The van der Waals surface area contributed by atoms with Crippen LogP contribution in [-0.2, 0) is 0 Å². The van der Waals surface area contributed by atoms with Crippen molar-refractivity contribution in [3.63, 3.8) is 0 Å². The molecule has 0 saturated heterocycles. The molecule has 1 unspecified atom stereocenters. The summed E-state index contributed by atoms with van der Waals surface area (Å²) in [5.74, 6) is 0. The molecule has 0 radical (unpaired) electrons. The third-order valence-corrected chi connectivity index (χ3v) is 2.04. The fraction of sp³-hybridized carbons (Fsp3) is 0.800. The first-order valence-corrected chi connectivity index (χ1v) is 4.73. The minimum absolute atomic E-state index is 0.641. The van der Waals surface area contributed by atoms with E-state index in [0.717, 1.165) is 19.6 Å². The average molecular weight is 170 g/mol. The van der Waals surface area contributed by atoms with E-state index in [1.165, 1.54) is 6.42 Å². The highest BCUT2D eigenvalue weighted by Crippen LogP contribution is 1.87. The zero-order valence-electron chi connectivity index (χ0n) is 8.64. The Morgan fingerprint density at radius 3 is 2.75 bits per heavy atom. The van der Waals surface area contributed by atoms with E-state index in [1.54, 1.807) is 0 Å². The quantitative estimate of drug-likeness (QED) is 0.582. The number of nitrogens with one attached hydrogen (secondary N) is 1. The van der Waals surface area contributed by atoms with Crippen LogP contribution in [0.1, 0.15) is 20.3 Å². The van der Waals surface area contributed by atoms with E-state index in [4.69, 9.17) is 0 Å². The first-order valence-electron chi connectivity index (χ1n) is 4.73. The Morgan fingerprint density at radius 1 is 1.58 bits per heavy atom. The summed E-state index contributed by atoms with van der Waals surface area (Å²) in [5.41, 5.74) is 0. The fourth-order valence-corrected chi connectivity index (χ4v) is 0.958. The molecule has 1 atom stereocenters. The highest BCUT2D eigenvalue weighted by atomic mass is 15.1. The monoisotopic (exact) mass is 170 g/mol. The molecule has 12 heavy (non-hydrogen) atoms. The van der Waals surface area contributed by atoms with Crippen molar-refractivity contribution < 1.29 is 0 Å². The number of likely N-dealkylation sites (N-methyl/N-ethyl adjacent to an activating group) is 1. The van der Waals surface area contributed by atoms with Gasteiger partial charge in [-0.2, -0.15) is 0 Å². The van der Waals surface area contributed by atoms with Gasteiger partial charge in [0.25, 0.3) is 0 Å². The molecule has 0 aromatic rings. The third-order valence-electron chi connectivity index (χ3n) is 2.04. The smallest absolute Gasteiger partial charge is 0.0158 e. The zero-order chi connectivity index (χ0) is 9.40.